The standard InChI is InChI=1S/C8H11B/c1-2-7-4-3-5-8(9)6-7/h4,6H,2-3,5H2,1H3. The lowest BCUT2D eigenvalue weighted by Gasteiger charge is -2.07. The summed E-state index contributed by atoms with van der Waals surface area (Å²) in [5, 5.41) is 0. The Balaban J connectivity index is 2.63. The smallest absolute Gasteiger partial charge is 0.107 e. The van der Waals surface area contributed by atoms with Gasteiger partial charge >= 0.3 is 0 Å². The summed E-state index contributed by atoms with van der Waals surface area (Å²) in [4.78, 5) is 0. The van der Waals surface area contributed by atoms with Crippen LogP contribution in [0.2, 0.25) is 0 Å². The molecule has 0 saturated carbocycles. The maximum Gasteiger partial charge on any atom is 0.107 e. The molecule has 0 atom stereocenters. The third-order valence-corrected chi connectivity index (χ3v) is 1.62. The summed E-state index contributed by atoms with van der Waals surface area (Å²) in [7, 11) is 5.62. The number of hydrogen-bond donors (Lipinski definition) is 0. The van der Waals surface area contributed by atoms with Crippen LogP contribution in [0.1, 0.15) is 26.2 Å². The molecular weight excluding hydrogens is 107 g/mol. The fourth-order valence-corrected chi connectivity index (χ4v) is 1.04. The molecule has 0 fully saturated rings. The summed E-state index contributed by atoms with van der Waals surface area (Å²) in [6, 6.07) is 0. The third kappa shape index (κ3) is 1.74. The molecule has 0 bridgehead atoms. The van der Waals surface area contributed by atoms with Crippen LogP contribution in [0, 0.1) is 0 Å². The van der Waals surface area contributed by atoms with Crippen LogP contribution >= 0.6 is 0 Å². The van der Waals surface area contributed by atoms with Crippen LogP contribution in [0.5, 0.6) is 0 Å². The zero-order valence-corrected chi connectivity index (χ0v) is 5.85. The zero-order chi connectivity index (χ0) is 6.69. The lowest BCUT2D eigenvalue weighted by atomic mass is 9.85. The molecule has 2 radical (unpaired) electrons. The van der Waals surface area contributed by atoms with E-state index in [4.69, 9.17) is 7.85 Å². The molecule has 0 N–H and O–H groups in total. The Morgan fingerprint density at radius 2 is 2.44 bits per heavy atom. The first-order valence-electron chi connectivity index (χ1n) is 3.48. The van der Waals surface area contributed by atoms with E-state index in [9.17, 15) is 0 Å². The lowest BCUT2D eigenvalue weighted by Crippen LogP contribution is -1.90. The van der Waals surface area contributed by atoms with E-state index < -0.39 is 0 Å². The van der Waals surface area contributed by atoms with Gasteiger partial charge < -0.3 is 0 Å². The minimum atomic E-state index is 1.04. The number of allylic oxidation sites excluding steroid dienone is 4. The molecule has 0 amide bonds. The molecule has 9 heavy (non-hydrogen) atoms. The van der Waals surface area contributed by atoms with E-state index in [1.54, 1.807) is 0 Å². The fraction of sp³-hybridized carbons (Fsp3) is 0.500. The van der Waals surface area contributed by atoms with Gasteiger partial charge in [0.05, 0.1) is 0 Å². The molecule has 0 spiro atoms. The highest BCUT2D eigenvalue weighted by atomic mass is 14.0. The molecule has 1 heteroatoms. The molecular formula is C8H11B. The Hall–Kier alpha value is -0.455. The van der Waals surface area contributed by atoms with Crippen LogP contribution in [0.3, 0.4) is 0 Å². The van der Waals surface area contributed by atoms with Crippen molar-refractivity contribution >= 4 is 7.85 Å². The van der Waals surface area contributed by atoms with Gasteiger partial charge in [-0.2, -0.15) is 0 Å². The van der Waals surface area contributed by atoms with Crippen molar-refractivity contribution in [2.75, 3.05) is 0 Å². The molecule has 1 aliphatic carbocycles. The molecule has 0 unspecified atom stereocenters. The quantitative estimate of drug-likeness (QED) is 0.463. The summed E-state index contributed by atoms with van der Waals surface area (Å²) in [5.41, 5.74) is 2.42. The molecule has 0 aliphatic heterocycles. The van der Waals surface area contributed by atoms with Gasteiger partial charge in [0.25, 0.3) is 0 Å². The summed E-state index contributed by atoms with van der Waals surface area (Å²) >= 11 is 0. The maximum atomic E-state index is 5.62. The normalized spacial score (nSPS) is 18.8. The van der Waals surface area contributed by atoms with Gasteiger partial charge in [-0.15, -0.1) is 5.47 Å². The minimum absolute atomic E-state index is 1.04. The molecule has 0 heterocycles. The SMILES string of the molecule is [B]C1=CC(CC)=CCC1. The van der Waals surface area contributed by atoms with E-state index in [1.807, 2.05) is 0 Å². The maximum absolute atomic E-state index is 5.62. The van der Waals surface area contributed by atoms with Crippen molar-refractivity contribution in [1.29, 1.82) is 0 Å². The minimum Gasteiger partial charge on any atom is -0.117 e. The van der Waals surface area contributed by atoms with E-state index in [0.717, 1.165) is 24.7 Å². The van der Waals surface area contributed by atoms with Crippen LogP contribution in [0.25, 0.3) is 0 Å². The van der Waals surface area contributed by atoms with Gasteiger partial charge in [-0.3, -0.25) is 0 Å². The van der Waals surface area contributed by atoms with Crippen molar-refractivity contribution in [3.05, 3.63) is 23.2 Å². The first-order chi connectivity index (χ1) is 4.33. The summed E-state index contributed by atoms with van der Waals surface area (Å²) in [5.74, 6) is 0. The van der Waals surface area contributed by atoms with Crippen LogP contribution in [-0.4, -0.2) is 7.85 Å². The molecule has 0 saturated heterocycles. The second kappa shape index (κ2) is 2.91. The average molecular weight is 118 g/mol. The number of hydrogen-bond acceptors (Lipinski definition) is 0. The van der Waals surface area contributed by atoms with Crippen molar-refractivity contribution in [2.45, 2.75) is 26.2 Å². The topological polar surface area (TPSA) is 0 Å². The predicted molar refractivity (Wildman–Crippen MR) is 41.4 cm³/mol. The van der Waals surface area contributed by atoms with Gasteiger partial charge in [0.2, 0.25) is 0 Å². The Morgan fingerprint density at radius 1 is 1.67 bits per heavy atom. The zero-order valence-electron chi connectivity index (χ0n) is 5.85. The fourth-order valence-electron chi connectivity index (χ4n) is 1.04. The van der Waals surface area contributed by atoms with Crippen molar-refractivity contribution < 1.29 is 0 Å². The summed E-state index contributed by atoms with van der Waals surface area (Å²) < 4.78 is 0. The van der Waals surface area contributed by atoms with E-state index in [-0.39, 0.29) is 0 Å². The Morgan fingerprint density at radius 3 is 2.89 bits per heavy atom. The van der Waals surface area contributed by atoms with E-state index >= 15 is 0 Å². The summed E-state index contributed by atoms with van der Waals surface area (Å²) in [6.45, 7) is 2.15. The van der Waals surface area contributed by atoms with E-state index in [0.29, 0.717) is 0 Å². The highest BCUT2D eigenvalue weighted by molar-refractivity contribution is 6.21. The van der Waals surface area contributed by atoms with Crippen LogP contribution in [-0.2, 0) is 0 Å². The Kier molecular flexibility index (Phi) is 2.15. The van der Waals surface area contributed by atoms with Gasteiger partial charge in [-0.05, 0) is 19.3 Å². The largest absolute Gasteiger partial charge is 0.117 e. The van der Waals surface area contributed by atoms with Gasteiger partial charge in [-0.25, -0.2) is 0 Å². The third-order valence-electron chi connectivity index (χ3n) is 1.62. The van der Waals surface area contributed by atoms with Crippen LogP contribution in [0.15, 0.2) is 23.2 Å². The van der Waals surface area contributed by atoms with E-state index in [2.05, 4.69) is 19.1 Å². The van der Waals surface area contributed by atoms with Gasteiger partial charge in [-0.1, -0.05) is 24.6 Å². The highest BCUT2D eigenvalue weighted by Crippen LogP contribution is 2.16. The monoisotopic (exact) mass is 118 g/mol. The summed E-state index contributed by atoms with van der Waals surface area (Å²) in [6.07, 6.45) is 7.63. The van der Waals surface area contributed by atoms with Gasteiger partial charge in [0, 0.05) is 0 Å². The van der Waals surface area contributed by atoms with Gasteiger partial charge in [0.1, 0.15) is 7.85 Å². The molecule has 1 aliphatic rings. The van der Waals surface area contributed by atoms with Crippen LogP contribution in [0.4, 0.5) is 0 Å². The van der Waals surface area contributed by atoms with Crippen molar-refractivity contribution in [3.8, 4) is 0 Å². The lowest BCUT2D eigenvalue weighted by molar-refractivity contribution is 0.969. The first kappa shape index (κ1) is 6.66. The molecule has 0 aromatic heterocycles. The molecule has 46 valence electrons. The molecule has 1 rings (SSSR count). The molecule has 0 aromatic rings. The predicted octanol–water partition coefficient (Wildman–Crippen LogP) is 2.17. The van der Waals surface area contributed by atoms with E-state index in [1.165, 1.54) is 5.57 Å². The average Bonchev–Trinajstić information content (AvgIpc) is 1.88. The van der Waals surface area contributed by atoms with Crippen LogP contribution < -0.4 is 0 Å². The Bertz CT molecular complexity index is 154. The van der Waals surface area contributed by atoms with Crippen molar-refractivity contribution in [1.82, 2.24) is 0 Å². The second-order valence-electron chi connectivity index (χ2n) is 2.39. The molecule has 0 nitrogen and oxygen atoms in total. The van der Waals surface area contributed by atoms with Crippen molar-refractivity contribution in [3.63, 3.8) is 0 Å². The second-order valence-corrected chi connectivity index (χ2v) is 2.39. The van der Waals surface area contributed by atoms with Crippen molar-refractivity contribution in [2.24, 2.45) is 0 Å². The van der Waals surface area contributed by atoms with Gasteiger partial charge in [0.15, 0.2) is 0 Å². The number of rotatable bonds is 1. The first-order valence-corrected chi connectivity index (χ1v) is 3.48. The highest BCUT2D eigenvalue weighted by Gasteiger charge is 1.97. The molecule has 0 aromatic carbocycles. The Labute approximate surface area is 58.1 Å².